The molecule has 4 heteroatoms. The topological polar surface area (TPSA) is 32.7 Å². The summed E-state index contributed by atoms with van der Waals surface area (Å²) in [5.41, 5.74) is 0.765. The van der Waals surface area contributed by atoms with Crippen LogP contribution in [0.2, 0.25) is 0 Å². The molecule has 2 rings (SSSR count). The Morgan fingerprint density at radius 1 is 1.53 bits per heavy atom. The van der Waals surface area contributed by atoms with Crippen molar-refractivity contribution in [2.45, 2.75) is 38.8 Å². The number of phenolic OH excluding ortho intramolecular Hbond substituents is 1. The molecule has 0 aliphatic carbocycles. The Balaban J connectivity index is 2.08. The molecule has 1 N–H and O–H groups in total. The van der Waals surface area contributed by atoms with Gasteiger partial charge in [-0.05, 0) is 32.4 Å². The first-order valence-corrected chi connectivity index (χ1v) is 6.96. The Bertz CT molecular complexity index is 419. The summed E-state index contributed by atoms with van der Waals surface area (Å²) in [5, 5.41) is 9.87. The molecular formula is C15H22FNO2. The number of nitrogens with zero attached hydrogens (tertiary/aromatic N) is 1. The number of aromatic hydroxyl groups is 1. The van der Waals surface area contributed by atoms with Gasteiger partial charge in [-0.25, -0.2) is 4.39 Å². The van der Waals surface area contributed by atoms with Gasteiger partial charge in [0.1, 0.15) is 11.6 Å². The van der Waals surface area contributed by atoms with E-state index in [-0.39, 0.29) is 17.9 Å². The molecule has 0 spiro atoms. The first kappa shape index (κ1) is 14.3. The van der Waals surface area contributed by atoms with E-state index < -0.39 is 5.82 Å². The van der Waals surface area contributed by atoms with Gasteiger partial charge in [0.15, 0.2) is 0 Å². The first-order chi connectivity index (χ1) is 9.11. The van der Waals surface area contributed by atoms with E-state index in [2.05, 4.69) is 11.8 Å². The fourth-order valence-corrected chi connectivity index (χ4v) is 2.68. The van der Waals surface area contributed by atoms with Crippen molar-refractivity contribution in [2.24, 2.45) is 0 Å². The minimum absolute atomic E-state index is 0.0262. The van der Waals surface area contributed by atoms with Crippen molar-refractivity contribution in [3.05, 3.63) is 29.6 Å². The number of phenols is 1. The molecule has 1 heterocycles. The quantitative estimate of drug-likeness (QED) is 0.890. The molecule has 0 radical (unpaired) electrons. The van der Waals surface area contributed by atoms with Crippen molar-refractivity contribution in [1.29, 1.82) is 0 Å². The van der Waals surface area contributed by atoms with Crippen LogP contribution < -0.4 is 0 Å². The average Bonchev–Trinajstić information content (AvgIpc) is 2.88. The molecule has 2 unspecified atom stereocenters. The molecule has 0 amide bonds. The second kappa shape index (κ2) is 6.35. The summed E-state index contributed by atoms with van der Waals surface area (Å²) in [6.45, 7) is 6.70. The average molecular weight is 267 g/mol. The zero-order valence-electron chi connectivity index (χ0n) is 11.6. The smallest absolute Gasteiger partial charge is 0.126 e. The van der Waals surface area contributed by atoms with Crippen LogP contribution >= 0.6 is 0 Å². The number of benzene rings is 1. The number of rotatable bonds is 5. The fourth-order valence-electron chi connectivity index (χ4n) is 2.68. The third kappa shape index (κ3) is 3.45. The van der Waals surface area contributed by atoms with E-state index in [1.165, 1.54) is 12.1 Å². The molecule has 0 aromatic heterocycles. The van der Waals surface area contributed by atoms with Crippen LogP contribution in [0.5, 0.6) is 5.75 Å². The summed E-state index contributed by atoms with van der Waals surface area (Å²) in [7, 11) is 0. The Kier molecular flexibility index (Phi) is 4.77. The molecule has 0 saturated carbocycles. The van der Waals surface area contributed by atoms with Crippen LogP contribution in [0.15, 0.2) is 18.2 Å². The third-order valence-electron chi connectivity index (χ3n) is 3.86. The van der Waals surface area contributed by atoms with Gasteiger partial charge in [0, 0.05) is 30.8 Å². The maximum Gasteiger partial charge on any atom is 0.126 e. The lowest BCUT2D eigenvalue weighted by Crippen LogP contribution is -2.34. The van der Waals surface area contributed by atoms with E-state index in [4.69, 9.17) is 4.74 Å². The van der Waals surface area contributed by atoms with Gasteiger partial charge in [0.05, 0.1) is 6.10 Å². The van der Waals surface area contributed by atoms with E-state index in [1.807, 2.05) is 6.92 Å². The maximum absolute atomic E-state index is 13.0. The molecule has 0 bridgehead atoms. The van der Waals surface area contributed by atoms with E-state index in [0.717, 1.165) is 38.1 Å². The van der Waals surface area contributed by atoms with E-state index in [9.17, 15) is 9.50 Å². The highest BCUT2D eigenvalue weighted by Crippen LogP contribution is 2.29. The number of likely N-dealkylation sites (N-methyl/N-ethyl adjacent to an activating group) is 1. The van der Waals surface area contributed by atoms with Gasteiger partial charge in [0.2, 0.25) is 0 Å². The second-order valence-electron chi connectivity index (χ2n) is 5.10. The molecule has 1 saturated heterocycles. The van der Waals surface area contributed by atoms with Crippen LogP contribution in [0.4, 0.5) is 4.39 Å². The minimum atomic E-state index is -0.407. The summed E-state index contributed by atoms with van der Waals surface area (Å²) >= 11 is 0. The third-order valence-corrected chi connectivity index (χ3v) is 3.86. The monoisotopic (exact) mass is 267 g/mol. The lowest BCUT2D eigenvalue weighted by molar-refractivity contribution is 0.0614. The van der Waals surface area contributed by atoms with Crippen molar-refractivity contribution in [2.75, 3.05) is 19.7 Å². The molecule has 3 nitrogen and oxygen atoms in total. The SMILES string of the molecule is CCN(CC1CCCO1)C(C)c1ccc(F)cc1O. The van der Waals surface area contributed by atoms with Gasteiger partial charge in [-0.1, -0.05) is 13.0 Å². The van der Waals surface area contributed by atoms with Crippen molar-refractivity contribution in [3.8, 4) is 5.75 Å². The van der Waals surface area contributed by atoms with Gasteiger partial charge in [-0.15, -0.1) is 0 Å². The predicted molar refractivity (Wildman–Crippen MR) is 72.7 cm³/mol. The normalized spacial score (nSPS) is 20.9. The van der Waals surface area contributed by atoms with Crippen LogP contribution in [0, 0.1) is 5.82 Å². The zero-order chi connectivity index (χ0) is 13.8. The van der Waals surface area contributed by atoms with Crippen LogP contribution in [0.1, 0.15) is 38.3 Å². The highest BCUT2D eigenvalue weighted by molar-refractivity contribution is 5.35. The van der Waals surface area contributed by atoms with Gasteiger partial charge in [0.25, 0.3) is 0 Å². The number of hydrogen-bond acceptors (Lipinski definition) is 3. The van der Waals surface area contributed by atoms with Crippen LogP contribution in [0.3, 0.4) is 0 Å². The molecule has 19 heavy (non-hydrogen) atoms. The summed E-state index contributed by atoms with van der Waals surface area (Å²) in [5.74, 6) is -0.381. The maximum atomic E-state index is 13.0. The predicted octanol–water partition coefficient (Wildman–Crippen LogP) is 3.09. The Labute approximate surface area is 114 Å². The fraction of sp³-hybridized carbons (Fsp3) is 0.600. The molecule has 1 aliphatic heterocycles. The van der Waals surface area contributed by atoms with Crippen molar-refractivity contribution < 1.29 is 14.2 Å². The zero-order valence-corrected chi connectivity index (χ0v) is 11.6. The highest BCUT2D eigenvalue weighted by atomic mass is 19.1. The van der Waals surface area contributed by atoms with Crippen molar-refractivity contribution in [1.82, 2.24) is 4.90 Å². The molecule has 1 fully saturated rings. The van der Waals surface area contributed by atoms with E-state index in [1.54, 1.807) is 6.07 Å². The number of ether oxygens (including phenoxy) is 1. The molecule has 1 aliphatic rings. The summed E-state index contributed by atoms with van der Waals surface area (Å²) in [6, 6.07) is 4.28. The van der Waals surface area contributed by atoms with Gasteiger partial charge >= 0.3 is 0 Å². The van der Waals surface area contributed by atoms with Gasteiger partial charge < -0.3 is 9.84 Å². The lowest BCUT2D eigenvalue weighted by atomic mass is 10.0. The number of halogens is 1. The Morgan fingerprint density at radius 3 is 2.89 bits per heavy atom. The van der Waals surface area contributed by atoms with Crippen molar-refractivity contribution in [3.63, 3.8) is 0 Å². The first-order valence-electron chi connectivity index (χ1n) is 6.96. The van der Waals surface area contributed by atoms with Gasteiger partial charge in [-0.2, -0.15) is 0 Å². The molecule has 106 valence electrons. The second-order valence-corrected chi connectivity index (χ2v) is 5.10. The van der Waals surface area contributed by atoms with E-state index >= 15 is 0 Å². The van der Waals surface area contributed by atoms with Crippen LogP contribution in [-0.4, -0.2) is 35.8 Å². The minimum Gasteiger partial charge on any atom is -0.508 e. The summed E-state index contributed by atoms with van der Waals surface area (Å²) < 4.78 is 18.7. The highest BCUT2D eigenvalue weighted by Gasteiger charge is 2.23. The van der Waals surface area contributed by atoms with Gasteiger partial charge in [-0.3, -0.25) is 4.90 Å². The van der Waals surface area contributed by atoms with Crippen molar-refractivity contribution >= 4 is 0 Å². The number of hydrogen-bond donors (Lipinski definition) is 1. The van der Waals surface area contributed by atoms with Crippen LogP contribution in [0.25, 0.3) is 0 Å². The lowest BCUT2D eigenvalue weighted by Gasteiger charge is -2.30. The van der Waals surface area contributed by atoms with Crippen LogP contribution in [-0.2, 0) is 4.74 Å². The standard InChI is InChI=1S/C15H22FNO2/c1-3-17(10-13-5-4-8-19-13)11(2)14-7-6-12(16)9-15(14)18/h6-7,9,11,13,18H,3-5,8,10H2,1-2H3. The Hall–Kier alpha value is -1.13. The molecule has 2 atom stereocenters. The van der Waals surface area contributed by atoms with E-state index in [0.29, 0.717) is 0 Å². The molecule has 1 aromatic carbocycles. The molecule has 1 aromatic rings. The summed E-state index contributed by atoms with van der Waals surface area (Å²) in [6.07, 6.45) is 2.50. The molecular weight excluding hydrogens is 245 g/mol. The largest absolute Gasteiger partial charge is 0.508 e. The summed E-state index contributed by atoms with van der Waals surface area (Å²) in [4.78, 5) is 2.25. The Morgan fingerprint density at radius 2 is 2.32 bits per heavy atom.